The van der Waals surface area contributed by atoms with E-state index in [-0.39, 0.29) is 0 Å². The number of nitrogens with zero attached hydrogens (tertiary/aromatic N) is 2. The van der Waals surface area contributed by atoms with Gasteiger partial charge in [0.2, 0.25) is 0 Å². The lowest BCUT2D eigenvalue weighted by Gasteiger charge is -1.92. The van der Waals surface area contributed by atoms with Crippen LogP contribution in [0.1, 0.15) is 12.6 Å². The van der Waals surface area contributed by atoms with Crippen molar-refractivity contribution in [3.63, 3.8) is 0 Å². The maximum Gasteiger partial charge on any atom is 0.126 e. The molecule has 0 saturated heterocycles. The second-order valence-electron chi connectivity index (χ2n) is 2.94. The largest absolute Gasteiger partial charge is 0.264 e. The highest BCUT2D eigenvalue weighted by Gasteiger charge is 2.10. The smallest absolute Gasteiger partial charge is 0.126 e. The monoisotopic (exact) mass is 254 g/mol. The van der Waals surface area contributed by atoms with Gasteiger partial charge in [0.15, 0.2) is 0 Å². The molecular formula is C10H10N2S3. The van der Waals surface area contributed by atoms with E-state index in [2.05, 4.69) is 28.6 Å². The Bertz CT molecular complexity index is 418. The van der Waals surface area contributed by atoms with Gasteiger partial charge >= 0.3 is 0 Å². The summed E-state index contributed by atoms with van der Waals surface area (Å²) in [5, 5.41) is 1.02. The zero-order valence-corrected chi connectivity index (χ0v) is 10.7. The van der Waals surface area contributed by atoms with E-state index in [4.69, 9.17) is 0 Å². The Labute approximate surface area is 102 Å². The molecule has 0 atom stereocenters. The summed E-state index contributed by atoms with van der Waals surface area (Å²) >= 11 is 5.90. The number of thiol groups is 1. The third kappa shape index (κ3) is 2.35. The minimum absolute atomic E-state index is 0.944. The third-order valence-corrected chi connectivity index (χ3v) is 4.75. The van der Waals surface area contributed by atoms with Crippen molar-refractivity contribution in [1.82, 2.24) is 9.97 Å². The molecule has 0 unspecified atom stereocenters. The lowest BCUT2D eigenvalue weighted by Crippen LogP contribution is -1.82. The molecule has 15 heavy (non-hydrogen) atoms. The van der Waals surface area contributed by atoms with Crippen molar-refractivity contribution in [1.29, 1.82) is 0 Å². The summed E-state index contributed by atoms with van der Waals surface area (Å²) in [6, 6.07) is 3.95. The summed E-state index contributed by atoms with van der Waals surface area (Å²) in [6.45, 7) is 2.11. The van der Waals surface area contributed by atoms with Crippen LogP contribution in [-0.4, -0.2) is 9.97 Å². The van der Waals surface area contributed by atoms with Gasteiger partial charge in [-0.25, -0.2) is 4.98 Å². The molecule has 2 rings (SSSR count). The van der Waals surface area contributed by atoms with Crippen LogP contribution < -0.4 is 0 Å². The van der Waals surface area contributed by atoms with Crippen LogP contribution in [0.3, 0.4) is 0 Å². The Morgan fingerprint density at radius 3 is 2.93 bits per heavy atom. The topological polar surface area (TPSA) is 25.8 Å². The Morgan fingerprint density at radius 2 is 2.40 bits per heavy atom. The first-order valence-electron chi connectivity index (χ1n) is 4.56. The van der Waals surface area contributed by atoms with Crippen molar-refractivity contribution < 1.29 is 0 Å². The predicted octanol–water partition coefficient (Wildman–Crippen LogP) is 3.70. The molecule has 0 radical (unpaired) electrons. The number of hydrogen-bond donors (Lipinski definition) is 1. The second kappa shape index (κ2) is 5.01. The van der Waals surface area contributed by atoms with Gasteiger partial charge in [-0.1, -0.05) is 6.92 Å². The first kappa shape index (κ1) is 11.0. The highest BCUT2D eigenvalue weighted by atomic mass is 33.1. The Morgan fingerprint density at radius 1 is 1.53 bits per heavy atom. The van der Waals surface area contributed by atoms with Gasteiger partial charge in [-0.05, 0) is 29.3 Å². The van der Waals surface area contributed by atoms with Crippen LogP contribution in [0, 0.1) is 0 Å². The molecule has 0 saturated carbocycles. The quantitative estimate of drug-likeness (QED) is 0.668. The first-order chi connectivity index (χ1) is 7.35. The summed E-state index contributed by atoms with van der Waals surface area (Å²) < 4.78 is 1.18. The van der Waals surface area contributed by atoms with Crippen LogP contribution in [0.2, 0.25) is 0 Å². The molecule has 0 aromatic carbocycles. The van der Waals surface area contributed by atoms with E-state index in [1.54, 1.807) is 17.5 Å². The number of aryl methyl sites for hydroxylation is 1. The average molecular weight is 254 g/mol. The maximum absolute atomic E-state index is 4.58. The maximum atomic E-state index is 4.58. The van der Waals surface area contributed by atoms with Crippen molar-refractivity contribution in [2.45, 2.75) is 17.6 Å². The molecule has 0 spiro atoms. The van der Waals surface area contributed by atoms with E-state index in [0.29, 0.717) is 0 Å². The Hall–Kier alpha value is -0.520. The molecule has 0 bridgehead atoms. The zero-order valence-electron chi connectivity index (χ0n) is 8.17. The van der Waals surface area contributed by atoms with Crippen molar-refractivity contribution in [2.75, 3.05) is 0 Å². The van der Waals surface area contributed by atoms with Crippen molar-refractivity contribution in [3.05, 3.63) is 30.2 Å². The molecule has 2 nitrogen and oxygen atoms in total. The van der Waals surface area contributed by atoms with E-state index in [1.165, 1.54) is 15.0 Å². The van der Waals surface area contributed by atoms with Crippen LogP contribution in [-0.2, 0) is 6.42 Å². The fourth-order valence-electron chi connectivity index (χ4n) is 1.25. The molecule has 0 N–H and O–H groups in total. The van der Waals surface area contributed by atoms with Crippen LogP contribution in [0.5, 0.6) is 0 Å². The van der Waals surface area contributed by atoms with Gasteiger partial charge in [-0.3, -0.25) is 4.98 Å². The lowest BCUT2D eigenvalue weighted by atomic mass is 10.3. The van der Waals surface area contributed by atoms with Gasteiger partial charge in [-0.15, -0.1) is 23.0 Å². The normalized spacial score (nSPS) is 10.5. The van der Waals surface area contributed by atoms with Crippen LogP contribution in [0.4, 0.5) is 0 Å². The summed E-state index contributed by atoms with van der Waals surface area (Å²) in [5.74, 6) is 0. The highest BCUT2D eigenvalue weighted by molar-refractivity contribution is 8.69. The van der Waals surface area contributed by atoms with E-state index >= 15 is 0 Å². The number of pyridine rings is 1. The van der Waals surface area contributed by atoms with Crippen molar-refractivity contribution >= 4 is 33.8 Å². The van der Waals surface area contributed by atoms with Gasteiger partial charge in [0.1, 0.15) is 5.01 Å². The van der Waals surface area contributed by atoms with Crippen LogP contribution >= 0.6 is 33.8 Å². The molecule has 0 amide bonds. The molecule has 0 fully saturated rings. The summed E-state index contributed by atoms with van der Waals surface area (Å²) in [5.41, 5.74) is 2.20. The van der Waals surface area contributed by atoms with Gasteiger partial charge in [0.05, 0.1) is 9.90 Å². The number of rotatable bonds is 3. The molecule has 78 valence electrons. The van der Waals surface area contributed by atoms with E-state index in [1.807, 2.05) is 18.3 Å². The molecule has 5 heteroatoms. The van der Waals surface area contributed by atoms with Gasteiger partial charge in [0.25, 0.3) is 0 Å². The molecule has 2 aromatic heterocycles. The van der Waals surface area contributed by atoms with Crippen molar-refractivity contribution in [2.24, 2.45) is 0 Å². The predicted molar refractivity (Wildman–Crippen MR) is 69.6 cm³/mol. The SMILES string of the molecule is CCc1nc(-c2cccnc2)sc1SS. The number of aromatic nitrogens is 2. The number of hydrogen-bond acceptors (Lipinski definition) is 5. The Kier molecular flexibility index (Phi) is 3.66. The molecule has 2 aromatic rings. The zero-order chi connectivity index (χ0) is 10.7. The molecule has 0 aliphatic rings. The molecular weight excluding hydrogens is 244 g/mol. The standard InChI is InChI=1S/C10H10N2S3/c1-2-8-10(15-13)14-9(12-8)7-4-3-5-11-6-7/h3-6,13H,2H2,1H3. The van der Waals surface area contributed by atoms with Gasteiger partial charge < -0.3 is 0 Å². The third-order valence-electron chi connectivity index (χ3n) is 1.99. The molecule has 0 aliphatic heterocycles. The fraction of sp³-hybridized carbons (Fsp3) is 0.200. The summed E-state index contributed by atoms with van der Waals surface area (Å²) in [6.07, 6.45) is 4.55. The first-order valence-corrected chi connectivity index (χ1v) is 7.25. The van der Waals surface area contributed by atoms with E-state index in [9.17, 15) is 0 Å². The second-order valence-corrected chi connectivity index (χ2v) is 5.34. The number of thiazole rings is 1. The highest BCUT2D eigenvalue weighted by Crippen LogP contribution is 2.36. The van der Waals surface area contributed by atoms with Crippen molar-refractivity contribution in [3.8, 4) is 10.6 Å². The van der Waals surface area contributed by atoms with Gasteiger partial charge in [-0.2, -0.15) is 0 Å². The van der Waals surface area contributed by atoms with Gasteiger partial charge in [0, 0.05) is 18.0 Å². The molecule has 0 aliphatic carbocycles. The van der Waals surface area contributed by atoms with E-state index in [0.717, 1.165) is 22.7 Å². The molecule has 2 heterocycles. The van der Waals surface area contributed by atoms with E-state index < -0.39 is 0 Å². The Balaban J connectivity index is 2.42. The summed E-state index contributed by atoms with van der Waals surface area (Å²) in [7, 11) is 1.47. The average Bonchev–Trinajstić information content (AvgIpc) is 2.73. The van der Waals surface area contributed by atoms with Crippen LogP contribution in [0.15, 0.2) is 28.7 Å². The lowest BCUT2D eigenvalue weighted by molar-refractivity contribution is 1.03. The fourth-order valence-corrected chi connectivity index (χ4v) is 3.46. The minimum atomic E-state index is 0.944. The van der Waals surface area contributed by atoms with Crippen LogP contribution in [0.25, 0.3) is 10.6 Å². The summed E-state index contributed by atoms with van der Waals surface area (Å²) in [4.78, 5) is 8.67. The minimum Gasteiger partial charge on any atom is -0.264 e.